The van der Waals surface area contributed by atoms with Crippen LogP contribution in [0.15, 0.2) is 36.1 Å². The molecule has 0 aromatic rings. The van der Waals surface area contributed by atoms with Gasteiger partial charge in [0.25, 0.3) is 5.91 Å². The summed E-state index contributed by atoms with van der Waals surface area (Å²) >= 11 is 0. The van der Waals surface area contributed by atoms with Crippen molar-refractivity contribution in [3.63, 3.8) is 0 Å². The minimum atomic E-state index is -1.06. The normalized spacial score (nSPS) is 17.6. The maximum absolute atomic E-state index is 14.0. The average molecular weight is 704 g/mol. The lowest BCUT2D eigenvalue weighted by Gasteiger charge is -2.36. The molecule has 1 heterocycles. The van der Waals surface area contributed by atoms with E-state index in [0.717, 1.165) is 11.3 Å². The molecule has 1 saturated heterocycles. The van der Waals surface area contributed by atoms with Crippen molar-refractivity contribution < 1.29 is 38.2 Å². The van der Waals surface area contributed by atoms with Crippen LogP contribution in [0.1, 0.15) is 101 Å². The average Bonchev–Trinajstić information content (AvgIpc) is 3.57. The Morgan fingerprint density at radius 1 is 0.960 bits per heavy atom. The van der Waals surface area contributed by atoms with Crippen molar-refractivity contribution >= 4 is 35.5 Å². The van der Waals surface area contributed by atoms with Crippen molar-refractivity contribution in [1.29, 1.82) is 0 Å². The Balaban J connectivity index is 0.00000613. The summed E-state index contributed by atoms with van der Waals surface area (Å²) in [6.45, 7) is 20.6. The highest BCUT2D eigenvalue weighted by molar-refractivity contribution is 6.38. The summed E-state index contributed by atoms with van der Waals surface area (Å²) in [6, 6.07) is -4.75. The van der Waals surface area contributed by atoms with Gasteiger partial charge in [-0.1, -0.05) is 80.9 Å². The number of nitrogens with one attached hydrogen (secondary N) is 4. The largest absolute Gasteiger partial charge is 0.501 e. The molecule has 0 radical (unpaired) electrons. The summed E-state index contributed by atoms with van der Waals surface area (Å²) in [4.78, 5) is 80.6. The predicted octanol–water partition coefficient (Wildman–Crippen LogP) is 4.08. The number of hydrogen-bond acceptors (Lipinski definition) is 8. The van der Waals surface area contributed by atoms with Crippen molar-refractivity contribution in [1.82, 2.24) is 26.2 Å². The first-order valence-corrected chi connectivity index (χ1v) is 17.6. The van der Waals surface area contributed by atoms with Crippen molar-refractivity contribution in [2.45, 2.75) is 125 Å². The number of urea groups is 1. The van der Waals surface area contributed by atoms with Gasteiger partial charge in [-0.25, -0.2) is 9.59 Å². The van der Waals surface area contributed by atoms with Crippen LogP contribution in [-0.4, -0.2) is 91.4 Å². The number of ketones is 1. The number of methoxy groups -OCH3 is 1. The second-order valence-electron chi connectivity index (χ2n) is 14.4. The molecule has 1 aliphatic heterocycles. The zero-order valence-corrected chi connectivity index (χ0v) is 31.8. The van der Waals surface area contributed by atoms with Gasteiger partial charge in [0.1, 0.15) is 24.7 Å². The van der Waals surface area contributed by atoms with Gasteiger partial charge in [-0.2, -0.15) is 0 Å². The minimum Gasteiger partial charge on any atom is -0.501 e. The highest BCUT2D eigenvalue weighted by Gasteiger charge is 2.43. The van der Waals surface area contributed by atoms with E-state index in [1.165, 1.54) is 11.0 Å². The van der Waals surface area contributed by atoms with Gasteiger partial charge < -0.3 is 35.6 Å². The number of hydrogen-bond donors (Lipinski definition) is 4. The quantitative estimate of drug-likeness (QED) is 0.112. The van der Waals surface area contributed by atoms with E-state index in [0.29, 0.717) is 32.1 Å². The molecule has 1 fully saturated rings. The Morgan fingerprint density at radius 2 is 1.58 bits per heavy atom. The first-order valence-electron chi connectivity index (χ1n) is 17.6. The third-order valence-electron chi connectivity index (χ3n) is 8.30. The highest BCUT2D eigenvalue weighted by atomic mass is 16.5. The molecule has 0 saturated carbocycles. The number of carbonyl (C=O) groups excluding carboxylic acids is 6. The second kappa shape index (κ2) is 20.5. The van der Waals surface area contributed by atoms with Crippen molar-refractivity contribution in [3.05, 3.63) is 36.1 Å². The standard InChI is InChI=1S/C35H55N5O8.C2H6/c1-10-13-24(26(41)30(43)36-19-11-2)37-29(42)25-14-12-20-40(25)31(44)27(34(3,4)5)38-33(46)39-28(35(6,7)8)32(45)48-21-22-15-17-23(47-9)18-16-22;1-2/h11,15,17,24-25,27-28H,2,10,12-14,16,18-21H2,1,3-9H3,(H,36,43)(H,37,42)(H2,38,39,46);1-2H3. The number of esters is 1. The van der Waals surface area contributed by atoms with Gasteiger partial charge in [-0.05, 0) is 48.2 Å². The summed E-state index contributed by atoms with van der Waals surface area (Å²) in [5.74, 6) is -2.37. The maximum Gasteiger partial charge on any atom is 0.329 e. The fourth-order valence-corrected chi connectivity index (χ4v) is 5.48. The molecule has 13 nitrogen and oxygen atoms in total. The van der Waals surface area contributed by atoms with Gasteiger partial charge in [0, 0.05) is 19.5 Å². The number of rotatable bonds is 15. The molecule has 4 atom stereocenters. The summed E-state index contributed by atoms with van der Waals surface area (Å²) in [5, 5.41) is 10.6. The van der Waals surface area contributed by atoms with Crippen LogP contribution in [0.4, 0.5) is 4.79 Å². The Hall–Kier alpha value is -4.16. The van der Waals surface area contributed by atoms with Crippen LogP contribution in [0, 0.1) is 10.8 Å². The van der Waals surface area contributed by atoms with Crippen molar-refractivity contribution in [2.75, 3.05) is 26.8 Å². The van der Waals surface area contributed by atoms with Crippen LogP contribution in [0.2, 0.25) is 0 Å². The second-order valence-corrected chi connectivity index (χ2v) is 14.4. The highest BCUT2D eigenvalue weighted by Crippen LogP contribution is 2.27. The van der Waals surface area contributed by atoms with Crippen LogP contribution in [-0.2, 0) is 33.4 Å². The van der Waals surface area contributed by atoms with Crippen LogP contribution < -0.4 is 21.3 Å². The number of Topliss-reactive ketones (excluding diaryl/α,β-unsaturated/α-hetero) is 1. The number of carbonyl (C=O) groups is 6. The van der Waals surface area contributed by atoms with Gasteiger partial charge in [0.15, 0.2) is 0 Å². The molecule has 2 aliphatic rings. The van der Waals surface area contributed by atoms with E-state index in [4.69, 9.17) is 9.47 Å². The van der Waals surface area contributed by atoms with Gasteiger partial charge in [0.2, 0.25) is 17.6 Å². The van der Waals surface area contributed by atoms with Crippen molar-refractivity contribution in [2.24, 2.45) is 10.8 Å². The van der Waals surface area contributed by atoms with Crippen LogP contribution >= 0.6 is 0 Å². The lowest BCUT2D eigenvalue weighted by atomic mass is 9.85. The van der Waals surface area contributed by atoms with Crippen LogP contribution in [0.25, 0.3) is 0 Å². The summed E-state index contributed by atoms with van der Waals surface area (Å²) in [5.41, 5.74) is -0.570. The molecule has 5 amide bonds. The maximum atomic E-state index is 14.0. The molecule has 2 rings (SSSR count). The van der Waals surface area contributed by atoms with Crippen LogP contribution in [0.5, 0.6) is 0 Å². The van der Waals surface area contributed by atoms with E-state index in [-0.39, 0.29) is 26.1 Å². The number of allylic oxidation sites excluding steroid dienone is 3. The van der Waals surface area contributed by atoms with Gasteiger partial charge in [0.05, 0.1) is 18.9 Å². The fraction of sp³-hybridized carbons (Fsp3) is 0.676. The SMILES string of the molecule is C=CCNC(=O)C(=O)C(CCC)NC(=O)C1CCCN1C(=O)C(NC(=O)NC(C(=O)OCC1=CC=C(OC)CC1)C(C)(C)C)C(C)(C)C.CC. The van der Waals surface area contributed by atoms with Gasteiger partial charge in [-0.3, -0.25) is 19.2 Å². The minimum absolute atomic E-state index is 0.0773. The first kappa shape index (κ1) is 43.9. The number of amides is 5. The Labute approximate surface area is 298 Å². The zero-order valence-electron chi connectivity index (χ0n) is 31.8. The Kier molecular flexibility index (Phi) is 18.0. The van der Waals surface area contributed by atoms with E-state index in [9.17, 15) is 28.8 Å². The summed E-state index contributed by atoms with van der Waals surface area (Å²) < 4.78 is 10.8. The lowest BCUT2D eigenvalue weighted by molar-refractivity contribution is -0.147. The van der Waals surface area contributed by atoms with Gasteiger partial charge in [-0.15, -0.1) is 6.58 Å². The molecule has 50 heavy (non-hydrogen) atoms. The topological polar surface area (TPSA) is 172 Å². The van der Waals surface area contributed by atoms with E-state index >= 15 is 0 Å². The number of ether oxygens (including phenoxy) is 2. The van der Waals surface area contributed by atoms with E-state index < -0.39 is 70.5 Å². The Morgan fingerprint density at radius 3 is 2.10 bits per heavy atom. The number of nitrogens with zero attached hydrogens (tertiary/aromatic N) is 1. The molecule has 4 N–H and O–H groups in total. The monoisotopic (exact) mass is 703 g/mol. The molecule has 0 aromatic heterocycles. The number of likely N-dealkylation sites (tertiary alicyclic amines) is 1. The molecule has 0 spiro atoms. The molecule has 13 heteroatoms. The van der Waals surface area contributed by atoms with Gasteiger partial charge >= 0.3 is 12.0 Å². The third kappa shape index (κ3) is 13.3. The van der Waals surface area contributed by atoms with Crippen molar-refractivity contribution in [3.8, 4) is 0 Å². The molecular weight excluding hydrogens is 642 g/mol. The lowest BCUT2D eigenvalue weighted by Crippen LogP contribution is -2.61. The van der Waals surface area contributed by atoms with E-state index in [1.807, 2.05) is 32.9 Å². The molecule has 1 aliphatic carbocycles. The van der Waals surface area contributed by atoms with E-state index in [2.05, 4.69) is 27.8 Å². The molecule has 0 bridgehead atoms. The third-order valence-corrected chi connectivity index (χ3v) is 8.30. The molecule has 4 unspecified atom stereocenters. The summed E-state index contributed by atoms with van der Waals surface area (Å²) in [6.07, 6.45) is 8.21. The Bertz CT molecular complexity index is 1280. The molecule has 282 valence electrons. The molecule has 0 aromatic carbocycles. The van der Waals surface area contributed by atoms with Crippen LogP contribution in [0.3, 0.4) is 0 Å². The zero-order chi connectivity index (χ0) is 38.2. The molecular formula is C37H61N5O8. The summed E-state index contributed by atoms with van der Waals surface area (Å²) in [7, 11) is 1.61. The smallest absolute Gasteiger partial charge is 0.329 e. The van der Waals surface area contributed by atoms with E-state index in [1.54, 1.807) is 48.7 Å². The first-order chi connectivity index (χ1) is 23.4. The predicted molar refractivity (Wildman–Crippen MR) is 193 cm³/mol. The fourth-order valence-electron chi connectivity index (χ4n) is 5.48.